The van der Waals surface area contributed by atoms with Gasteiger partial charge in [0.15, 0.2) is 0 Å². The maximum Gasteiger partial charge on any atom is 2.00 e. The van der Waals surface area contributed by atoms with Crippen LogP contribution in [0.2, 0.25) is 0 Å². The first-order valence-electron chi connectivity index (χ1n) is 2.21. The van der Waals surface area contributed by atoms with Crippen molar-refractivity contribution in [3.63, 3.8) is 0 Å². The molecule has 0 rings (SSSR count). The monoisotopic (exact) mass is 336 g/mol. The van der Waals surface area contributed by atoms with Crippen LogP contribution >= 0.6 is 0 Å². The Bertz CT molecular complexity index is 199. The van der Waals surface area contributed by atoms with Gasteiger partial charge in [-0.25, -0.2) is 19.2 Å². The maximum atomic E-state index is 9.10. The molecule has 0 heterocycles. The average molecular weight is 336 g/mol. The van der Waals surface area contributed by atoms with Crippen molar-refractivity contribution in [1.82, 2.24) is 0 Å². The van der Waals surface area contributed by atoms with Crippen LogP contribution in [0.1, 0.15) is 7.13 Å². The molecule has 0 saturated carbocycles. The third-order valence-electron chi connectivity index (χ3n) is 0.366. The molecule has 8 nitrogen and oxygen atoms in total. The molecular weight excluding hydrogens is 327 g/mol. The Morgan fingerprint density at radius 2 is 0.733 bits per heavy atom. The molecule has 0 aliphatic heterocycles. The van der Waals surface area contributed by atoms with Gasteiger partial charge in [0.1, 0.15) is 0 Å². The van der Waals surface area contributed by atoms with Gasteiger partial charge in [0.05, 0.1) is 0 Å². The molecule has 0 saturated heterocycles. The predicted molar refractivity (Wildman–Crippen MR) is 47.6 cm³/mol. The van der Waals surface area contributed by atoms with Crippen LogP contribution < -0.4 is 29.6 Å². The summed E-state index contributed by atoms with van der Waals surface area (Å²) in [6.45, 7) is 0. The quantitative estimate of drug-likeness (QED) is 0.254. The topological polar surface area (TPSA) is 149 Å². The van der Waals surface area contributed by atoms with E-state index < -0.39 is 23.9 Å². The summed E-state index contributed by atoms with van der Waals surface area (Å²) in [5.74, 6) is -7.30. The van der Waals surface area contributed by atoms with Crippen molar-refractivity contribution in [3.05, 3.63) is 0 Å². The molecule has 0 spiro atoms. The first-order valence-corrected chi connectivity index (χ1v) is 2.21. The fourth-order valence-corrected chi connectivity index (χ4v) is 0. The Hall–Kier alpha value is 1.62. The number of carboxylic acid groups (broad SMARTS) is 4. The van der Waals surface area contributed by atoms with Crippen LogP contribution in [-0.2, 0) is 19.2 Å². The van der Waals surface area contributed by atoms with E-state index in [0.29, 0.717) is 0 Å². The van der Waals surface area contributed by atoms with Crippen LogP contribution in [0.5, 0.6) is 0 Å². The third kappa shape index (κ3) is 31.3. The van der Waals surface area contributed by atoms with Crippen LogP contribution in [0.25, 0.3) is 0 Å². The number of carbonyl (C=O) groups is 4. The molecular formula is C4H9CaNaO8Sr. The van der Waals surface area contributed by atoms with E-state index in [2.05, 4.69) is 0 Å². The predicted octanol–water partition coefficient (Wildman–Crippen LogP) is -4.88. The number of hydrogen-bond acceptors (Lipinski definition) is 4. The summed E-state index contributed by atoms with van der Waals surface area (Å²) in [7, 11) is 0. The van der Waals surface area contributed by atoms with Gasteiger partial charge in [0, 0.05) is 0 Å². The van der Waals surface area contributed by atoms with Gasteiger partial charge in [-0.1, -0.05) is 0 Å². The molecule has 78 valence electrons. The van der Waals surface area contributed by atoms with E-state index in [0.717, 1.165) is 0 Å². The number of carboxylic acids is 4. The molecule has 0 aromatic heterocycles. The van der Waals surface area contributed by atoms with E-state index in [-0.39, 0.29) is 120 Å². The second-order valence-electron chi connectivity index (χ2n) is 1.22. The van der Waals surface area contributed by atoms with Gasteiger partial charge in [-0.2, -0.15) is 0 Å². The van der Waals surface area contributed by atoms with E-state index in [1.165, 1.54) is 0 Å². The van der Waals surface area contributed by atoms with Crippen LogP contribution in [0.15, 0.2) is 0 Å². The normalized spacial score (nSPS) is 5.87. The first kappa shape index (κ1) is 30.0. The fraction of sp³-hybridized carbons (Fsp3) is 0. The third-order valence-corrected chi connectivity index (χ3v) is 0.366. The number of rotatable bonds is 0. The minimum absolute atomic E-state index is 0. The van der Waals surface area contributed by atoms with Gasteiger partial charge in [-0.3, -0.25) is 0 Å². The molecule has 0 aliphatic rings. The molecule has 0 radical (unpaired) electrons. The zero-order chi connectivity index (χ0) is 10.3. The zero-order valence-electron chi connectivity index (χ0n) is 12.8. The summed E-state index contributed by atoms with van der Waals surface area (Å²) < 4.78 is 0. The van der Waals surface area contributed by atoms with E-state index in [1.54, 1.807) is 0 Å². The van der Waals surface area contributed by atoms with E-state index >= 15 is 0 Å². The Balaban J connectivity index is -0.00000000893. The summed E-state index contributed by atoms with van der Waals surface area (Å²) in [4.78, 5) is 36.4. The van der Waals surface area contributed by atoms with Gasteiger partial charge >= 0.3 is 137 Å². The van der Waals surface area contributed by atoms with Gasteiger partial charge in [-0.05, 0) is 0 Å². The Morgan fingerprint density at radius 3 is 0.733 bits per heavy atom. The van der Waals surface area contributed by atoms with Crippen molar-refractivity contribution in [2.24, 2.45) is 0 Å². The molecule has 0 aromatic carbocycles. The molecule has 0 aromatic rings. The molecule has 0 unspecified atom stereocenters. The van der Waals surface area contributed by atoms with Crippen molar-refractivity contribution in [2.45, 2.75) is 0 Å². The van der Waals surface area contributed by atoms with Crippen LogP contribution in [0.4, 0.5) is 0 Å². The summed E-state index contributed by atoms with van der Waals surface area (Å²) in [5.41, 5.74) is 0. The Kier molecular flexibility index (Phi) is 36.0. The van der Waals surface area contributed by atoms with Crippen molar-refractivity contribution >= 4 is 107 Å². The van der Waals surface area contributed by atoms with Crippen molar-refractivity contribution in [1.29, 1.82) is 0 Å². The summed E-state index contributed by atoms with van der Waals surface area (Å²) in [6, 6.07) is 0. The molecule has 15 heavy (non-hydrogen) atoms. The largest absolute Gasteiger partial charge is 2.00 e. The van der Waals surface area contributed by atoms with Crippen LogP contribution in [0.3, 0.4) is 0 Å². The maximum absolute atomic E-state index is 9.10. The minimum Gasteiger partial charge on any atom is -1.00 e. The molecule has 11 heteroatoms. The average Bonchev–Trinajstić information content (AvgIpc) is 1.88. The summed E-state index contributed by atoms with van der Waals surface area (Å²) >= 11 is 0. The second-order valence-corrected chi connectivity index (χ2v) is 1.22. The Labute approximate surface area is 180 Å². The SMILES string of the molecule is O=C(O)C(=O)O.O=C(O)C(=O)O.[Ca+2].[H-].[H-].[H-].[H-].[H-].[Na+].[Sr+2]. The molecule has 0 amide bonds. The minimum atomic E-state index is -1.82. The zero-order valence-corrected chi connectivity index (χ0v) is 15.5. The van der Waals surface area contributed by atoms with Crippen molar-refractivity contribution in [3.8, 4) is 0 Å². The standard InChI is InChI=1S/2C2H2O4.Ca.Na.Sr.5H/c2*3-1(4)2(5)6;;;;;;;;/h2*(H,3,4)(H,5,6);;;;;;;;/q;;+2;+1;+2;5*-1. The summed E-state index contributed by atoms with van der Waals surface area (Å²) in [5, 5.41) is 29.6. The summed E-state index contributed by atoms with van der Waals surface area (Å²) in [6.07, 6.45) is 0. The molecule has 0 fully saturated rings. The first-order chi connectivity index (χ1) is 5.29. The molecule has 0 bridgehead atoms. The molecule has 4 N–H and O–H groups in total. The fourth-order valence-electron chi connectivity index (χ4n) is 0. The Morgan fingerprint density at radius 1 is 0.667 bits per heavy atom. The van der Waals surface area contributed by atoms with E-state index in [9.17, 15) is 0 Å². The van der Waals surface area contributed by atoms with Gasteiger partial charge in [-0.15, -0.1) is 0 Å². The second kappa shape index (κ2) is 18.0. The van der Waals surface area contributed by atoms with Gasteiger partial charge < -0.3 is 27.6 Å². The van der Waals surface area contributed by atoms with Crippen LogP contribution in [0, 0.1) is 0 Å². The van der Waals surface area contributed by atoms with E-state index in [4.69, 9.17) is 39.6 Å². The molecule has 0 aliphatic carbocycles. The number of hydrogen-bond donors (Lipinski definition) is 4. The molecule has 0 atom stereocenters. The van der Waals surface area contributed by atoms with Crippen molar-refractivity contribution in [2.75, 3.05) is 0 Å². The van der Waals surface area contributed by atoms with Crippen LogP contribution in [-0.4, -0.2) is 128 Å². The van der Waals surface area contributed by atoms with E-state index in [1.807, 2.05) is 0 Å². The van der Waals surface area contributed by atoms with Gasteiger partial charge in [0.2, 0.25) is 0 Å². The van der Waals surface area contributed by atoms with Gasteiger partial charge in [0.25, 0.3) is 0 Å². The smallest absolute Gasteiger partial charge is 1.00 e. The number of aliphatic carboxylic acids is 4. The van der Waals surface area contributed by atoms with Crippen molar-refractivity contribution < 1.29 is 76.3 Å².